The van der Waals surface area contributed by atoms with E-state index in [-0.39, 0.29) is 18.0 Å². The van der Waals surface area contributed by atoms with E-state index in [9.17, 15) is 12.8 Å². The summed E-state index contributed by atoms with van der Waals surface area (Å²) in [6.45, 7) is 0.363. The largest absolute Gasteiger partial charge is 0.492 e. The molecule has 0 spiro atoms. The van der Waals surface area contributed by atoms with Crippen molar-refractivity contribution in [2.45, 2.75) is 4.90 Å². The number of ether oxygens (including phenoxy) is 1. The van der Waals surface area contributed by atoms with Crippen LogP contribution in [0.4, 0.5) is 4.39 Å². The standard InChI is InChI=1S/C15H15BrFNO3S/c1-18(9-10-21-14-7-5-12(16)6-8-14)22(19,20)15-4-2-3-13(17)11-15/h2-8,11H,9-10H2,1H3. The highest BCUT2D eigenvalue weighted by molar-refractivity contribution is 9.10. The van der Waals surface area contributed by atoms with E-state index in [4.69, 9.17) is 4.74 Å². The van der Waals surface area contributed by atoms with Crippen LogP contribution in [0.3, 0.4) is 0 Å². The predicted molar refractivity (Wildman–Crippen MR) is 85.9 cm³/mol. The third-order valence-electron chi connectivity index (χ3n) is 2.99. The molecule has 2 aromatic carbocycles. The van der Waals surface area contributed by atoms with Gasteiger partial charge in [-0.1, -0.05) is 22.0 Å². The van der Waals surface area contributed by atoms with Gasteiger partial charge in [-0.3, -0.25) is 0 Å². The van der Waals surface area contributed by atoms with Crippen LogP contribution in [0.5, 0.6) is 5.75 Å². The molecular formula is C15H15BrFNO3S. The minimum Gasteiger partial charge on any atom is -0.492 e. The number of benzene rings is 2. The normalized spacial score (nSPS) is 11.6. The highest BCUT2D eigenvalue weighted by Crippen LogP contribution is 2.17. The second kappa shape index (κ2) is 7.21. The van der Waals surface area contributed by atoms with Gasteiger partial charge in [0.2, 0.25) is 10.0 Å². The first-order valence-electron chi connectivity index (χ1n) is 6.50. The molecule has 118 valence electrons. The first kappa shape index (κ1) is 16.9. The van der Waals surface area contributed by atoms with E-state index >= 15 is 0 Å². The van der Waals surface area contributed by atoms with Crippen LogP contribution in [0.2, 0.25) is 0 Å². The number of hydrogen-bond donors (Lipinski definition) is 0. The maximum atomic E-state index is 13.2. The molecule has 0 aliphatic rings. The molecule has 0 heterocycles. The van der Waals surface area contributed by atoms with Crippen LogP contribution in [0.15, 0.2) is 57.9 Å². The smallest absolute Gasteiger partial charge is 0.243 e. The highest BCUT2D eigenvalue weighted by Gasteiger charge is 2.20. The van der Waals surface area contributed by atoms with Crippen LogP contribution >= 0.6 is 15.9 Å². The van der Waals surface area contributed by atoms with E-state index in [2.05, 4.69) is 15.9 Å². The molecule has 0 aromatic heterocycles. The van der Waals surface area contributed by atoms with Crippen molar-refractivity contribution in [3.63, 3.8) is 0 Å². The summed E-state index contributed by atoms with van der Waals surface area (Å²) in [5.41, 5.74) is 0. The molecule has 0 bridgehead atoms. The Morgan fingerprint density at radius 2 is 1.86 bits per heavy atom. The fraction of sp³-hybridized carbons (Fsp3) is 0.200. The lowest BCUT2D eigenvalue weighted by molar-refractivity contribution is 0.287. The lowest BCUT2D eigenvalue weighted by Crippen LogP contribution is -2.31. The molecule has 22 heavy (non-hydrogen) atoms. The van der Waals surface area contributed by atoms with Crippen LogP contribution in [-0.4, -0.2) is 32.9 Å². The number of likely N-dealkylation sites (N-methyl/N-ethyl adjacent to an activating group) is 1. The zero-order valence-corrected chi connectivity index (χ0v) is 14.3. The number of rotatable bonds is 6. The summed E-state index contributed by atoms with van der Waals surface area (Å²) in [6, 6.07) is 12.2. The van der Waals surface area contributed by atoms with Gasteiger partial charge >= 0.3 is 0 Å². The number of sulfonamides is 1. The van der Waals surface area contributed by atoms with Gasteiger partial charge in [0.25, 0.3) is 0 Å². The van der Waals surface area contributed by atoms with Gasteiger partial charge in [0.05, 0.1) is 4.90 Å². The van der Waals surface area contributed by atoms with Crippen LogP contribution in [0.25, 0.3) is 0 Å². The summed E-state index contributed by atoms with van der Waals surface area (Å²) in [6.07, 6.45) is 0. The molecule has 0 N–H and O–H groups in total. The first-order valence-corrected chi connectivity index (χ1v) is 8.73. The maximum absolute atomic E-state index is 13.2. The van der Waals surface area contributed by atoms with Crippen molar-refractivity contribution in [1.29, 1.82) is 0 Å². The molecule has 0 saturated carbocycles. The van der Waals surface area contributed by atoms with E-state index < -0.39 is 15.8 Å². The van der Waals surface area contributed by atoms with Gasteiger partial charge in [-0.15, -0.1) is 0 Å². The Labute approximate surface area is 137 Å². The van der Waals surface area contributed by atoms with Crippen molar-refractivity contribution in [3.8, 4) is 5.75 Å². The second-order valence-electron chi connectivity index (χ2n) is 4.59. The molecule has 0 unspecified atom stereocenters. The molecule has 0 aliphatic heterocycles. The Bertz CT molecular complexity index is 735. The van der Waals surface area contributed by atoms with Gasteiger partial charge in [-0.05, 0) is 42.5 Å². The molecule has 4 nitrogen and oxygen atoms in total. The van der Waals surface area contributed by atoms with Crippen molar-refractivity contribution in [2.24, 2.45) is 0 Å². The lowest BCUT2D eigenvalue weighted by Gasteiger charge is -2.17. The Kier molecular flexibility index (Phi) is 5.55. The van der Waals surface area contributed by atoms with E-state index in [1.807, 2.05) is 12.1 Å². The molecule has 7 heteroatoms. The fourth-order valence-corrected chi connectivity index (χ4v) is 3.20. The van der Waals surface area contributed by atoms with Crippen molar-refractivity contribution in [3.05, 3.63) is 58.8 Å². The van der Waals surface area contributed by atoms with Crippen molar-refractivity contribution in [2.75, 3.05) is 20.2 Å². The predicted octanol–water partition coefficient (Wildman–Crippen LogP) is 3.29. The number of nitrogens with zero attached hydrogens (tertiary/aromatic N) is 1. The van der Waals surface area contributed by atoms with Gasteiger partial charge < -0.3 is 4.74 Å². The van der Waals surface area contributed by atoms with E-state index in [0.717, 1.165) is 14.8 Å². The molecule has 0 aliphatic carbocycles. The van der Waals surface area contributed by atoms with Gasteiger partial charge in [0, 0.05) is 18.1 Å². The molecule has 0 amide bonds. The summed E-state index contributed by atoms with van der Waals surface area (Å²) in [4.78, 5) is -0.0707. The van der Waals surface area contributed by atoms with E-state index in [1.165, 1.54) is 25.2 Å². The molecule has 0 fully saturated rings. The van der Waals surface area contributed by atoms with Crippen molar-refractivity contribution in [1.82, 2.24) is 4.31 Å². The van der Waals surface area contributed by atoms with E-state index in [1.54, 1.807) is 12.1 Å². The maximum Gasteiger partial charge on any atom is 0.243 e. The molecule has 0 radical (unpaired) electrons. The topological polar surface area (TPSA) is 46.6 Å². The molecule has 0 saturated heterocycles. The Morgan fingerprint density at radius 1 is 1.18 bits per heavy atom. The molecular weight excluding hydrogens is 373 g/mol. The van der Waals surface area contributed by atoms with E-state index in [0.29, 0.717) is 5.75 Å². The third-order valence-corrected chi connectivity index (χ3v) is 5.37. The highest BCUT2D eigenvalue weighted by atomic mass is 79.9. The average molecular weight is 388 g/mol. The number of hydrogen-bond acceptors (Lipinski definition) is 3. The minimum absolute atomic E-state index is 0.0707. The zero-order chi connectivity index (χ0) is 16.2. The Morgan fingerprint density at radius 3 is 2.50 bits per heavy atom. The van der Waals surface area contributed by atoms with Crippen LogP contribution in [-0.2, 0) is 10.0 Å². The summed E-state index contributed by atoms with van der Waals surface area (Å²) < 4.78 is 45.3. The van der Waals surface area contributed by atoms with Gasteiger partial charge in [-0.2, -0.15) is 4.31 Å². The molecule has 2 aromatic rings. The van der Waals surface area contributed by atoms with Gasteiger partial charge in [-0.25, -0.2) is 12.8 Å². The summed E-state index contributed by atoms with van der Waals surface area (Å²) in [7, 11) is -2.28. The van der Waals surface area contributed by atoms with Crippen molar-refractivity contribution >= 4 is 26.0 Å². The molecule has 2 rings (SSSR count). The second-order valence-corrected chi connectivity index (χ2v) is 7.55. The fourth-order valence-electron chi connectivity index (χ4n) is 1.75. The van der Waals surface area contributed by atoms with Gasteiger partial charge in [0.15, 0.2) is 0 Å². The quantitative estimate of drug-likeness (QED) is 0.763. The SMILES string of the molecule is CN(CCOc1ccc(Br)cc1)S(=O)(=O)c1cccc(F)c1. The third kappa shape index (κ3) is 4.28. The van der Waals surface area contributed by atoms with Crippen LogP contribution < -0.4 is 4.74 Å². The number of halogens is 2. The summed E-state index contributed by atoms with van der Waals surface area (Å²) in [5.74, 6) is 0.0698. The average Bonchev–Trinajstić information content (AvgIpc) is 2.49. The minimum atomic E-state index is -3.72. The first-order chi connectivity index (χ1) is 10.4. The van der Waals surface area contributed by atoms with Crippen LogP contribution in [0.1, 0.15) is 0 Å². The lowest BCUT2D eigenvalue weighted by atomic mass is 10.3. The summed E-state index contributed by atoms with van der Waals surface area (Å²) in [5, 5.41) is 0. The Balaban J connectivity index is 1.96. The zero-order valence-electron chi connectivity index (χ0n) is 11.9. The monoisotopic (exact) mass is 387 g/mol. The Hall–Kier alpha value is -1.44. The van der Waals surface area contributed by atoms with Crippen LogP contribution in [0, 0.1) is 5.82 Å². The summed E-state index contributed by atoms with van der Waals surface area (Å²) >= 11 is 3.32. The van der Waals surface area contributed by atoms with Crippen molar-refractivity contribution < 1.29 is 17.5 Å². The van der Waals surface area contributed by atoms with Gasteiger partial charge in [0.1, 0.15) is 18.2 Å². The molecule has 0 atom stereocenters.